The zero-order valence-electron chi connectivity index (χ0n) is 24.1. The Morgan fingerprint density at radius 1 is 0.784 bits per heavy atom. The van der Waals surface area contributed by atoms with Crippen molar-refractivity contribution in [3.05, 3.63) is 65.7 Å². The van der Waals surface area contributed by atoms with Gasteiger partial charge in [-0.1, -0.05) is 108 Å². The molecule has 0 saturated heterocycles. The summed E-state index contributed by atoms with van der Waals surface area (Å²) in [7, 11) is 4.30. The number of nitrogens with zero attached hydrogens (tertiary/aromatic N) is 1. The van der Waals surface area contributed by atoms with Crippen molar-refractivity contribution in [1.29, 1.82) is 0 Å². The van der Waals surface area contributed by atoms with E-state index >= 15 is 0 Å². The molecule has 1 atom stereocenters. The standard InChI is InChI=1S/C33H52NO3/c1-5-7-8-9-10-11-12-13-15-20-29-23-18-24-31(27-29)36-33(19-6-2)37-32(35)25-26-34(3,4)28-30-21-16-14-17-22-30/h14,16-18,21-24,27,33H,5-13,15,19-20,25-26,28H2,1-4H3/q+1. The molecule has 0 bridgehead atoms. The second kappa shape index (κ2) is 18.0. The Bertz CT molecular complexity index is 865. The minimum Gasteiger partial charge on any atom is -0.455 e. The van der Waals surface area contributed by atoms with Crippen LogP contribution in [0.2, 0.25) is 0 Å². The summed E-state index contributed by atoms with van der Waals surface area (Å²) in [6.45, 7) is 5.96. The van der Waals surface area contributed by atoms with Crippen LogP contribution in [0.5, 0.6) is 5.75 Å². The van der Waals surface area contributed by atoms with Crippen LogP contribution in [0.15, 0.2) is 54.6 Å². The van der Waals surface area contributed by atoms with Gasteiger partial charge in [-0.05, 0) is 37.0 Å². The van der Waals surface area contributed by atoms with Crippen LogP contribution < -0.4 is 4.74 Å². The summed E-state index contributed by atoms with van der Waals surface area (Å²) >= 11 is 0. The second-order valence-corrected chi connectivity index (χ2v) is 11.1. The molecule has 0 aliphatic carbocycles. The summed E-state index contributed by atoms with van der Waals surface area (Å²) in [4.78, 5) is 12.7. The van der Waals surface area contributed by atoms with Gasteiger partial charge in [0, 0.05) is 12.0 Å². The highest BCUT2D eigenvalue weighted by Crippen LogP contribution is 2.20. The fraction of sp³-hybridized carbons (Fsp3) is 0.606. The first-order valence-electron chi connectivity index (χ1n) is 14.7. The number of quaternary nitrogens is 1. The van der Waals surface area contributed by atoms with Gasteiger partial charge in [0.25, 0.3) is 0 Å². The van der Waals surface area contributed by atoms with E-state index in [9.17, 15) is 4.79 Å². The smallest absolute Gasteiger partial charge is 0.314 e. The fourth-order valence-corrected chi connectivity index (χ4v) is 4.70. The summed E-state index contributed by atoms with van der Waals surface area (Å²) in [6.07, 6.45) is 14.5. The van der Waals surface area contributed by atoms with E-state index in [0.29, 0.717) is 12.8 Å². The topological polar surface area (TPSA) is 35.5 Å². The van der Waals surface area contributed by atoms with Crippen molar-refractivity contribution in [2.24, 2.45) is 0 Å². The van der Waals surface area contributed by atoms with Crippen LogP contribution in [0.3, 0.4) is 0 Å². The number of hydrogen-bond donors (Lipinski definition) is 0. The molecule has 4 heteroatoms. The quantitative estimate of drug-likeness (QED) is 0.0775. The molecular weight excluding hydrogens is 458 g/mol. The molecule has 0 N–H and O–H groups in total. The lowest BCUT2D eigenvalue weighted by molar-refractivity contribution is -0.903. The third-order valence-corrected chi connectivity index (χ3v) is 6.90. The van der Waals surface area contributed by atoms with Gasteiger partial charge in [0.15, 0.2) is 0 Å². The maximum absolute atomic E-state index is 12.7. The summed E-state index contributed by atoms with van der Waals surface area (Å²) in [6, 6.07) is 18.7. The molecule has 37 heavy (non-hydrogen) atoms. The first kappa shape index (κ1) is 30.9. The number of ether oxygens (including phenoxy) is 2. The number of rotatable bonds is 20. The lowest BCUT2D eigenvalue weighted by atomic mass is 10.0. The molecule has 0 saturated carbocycles. The van der Waals surface area contributed by atoms with E-state index in [0.717, 1.165) is 36.2 Å². The Hall–Kier alpha value is -2.33. The van der Waals surface area contributed by atoms with Crippen LogP contribution in [-0.2, 0) is 22.5 Å². The van der Waals surface area contributed by atoms with Crippen molar-refractivity contribution < 1.29 is 18.8 Å². The van der Waals surface area contributed by atoms with E-state index in [4.69, 9.17) is 9.47 Å². The molecule has 0 fully saturated rings. The Balaban J connectivity index is 1.74. The maximum atomic E-state index is 12.7. The van der Waals surface area contributed by atoms with E-state index in [2.05, 4.69) is 64.3 Å². The number of aryl methyl sites for hydroxylation is 1. The first-order chi connectivity index (χ1) is 17.9. The zero-order valence-corrected chi connectivity index (χ0v) is 24.1. The molecule has 206 valence electrons. The van der Waals surface area contributed by atoms with Crippen LogP contribution in [0, 0.1) is 0 Å². The summed E-state index contributed by atoms with van der Waals surface area (Å²) in [5.74, 6) is 0.600. The lowest BCUT2D eigenvalue weighted by Gasteiger charge is -2.30. The number of esters is 1. The number of benzene rings is 2. The van der Waals surface area contributed by atoms with E-state index in [1.54, 1.807) is 0 Å². The van der Waals surface area contributed by atoms with Gasteiger partial charge >= 0.3 is 5.97 Å². The van der Waals surface area contributed by atoms with Gasteiger partial charge in [0.2, 0.25) is 6.29 Å². The summed E-state index contributed by atoms with van der Waals surface area (Å²) in [5.41, 5.74) is 2.57. The van der Waals surface area contributed by atoms with Crippen molar-refractivity contribution >= 4 is 5.97 Å². The van der Waals surface area contributed by atoms with E-state index in [-0.39, 0.29) is 5.97 Å². The predicted octanol–water partition coefficient (Wildman–Crippen LogP) is 8.47. The third kappa shape index (κ3) is 14.3. The van der Waals surface area contributed by atoms with Gasteiger partial charge in [-0.15, -0.1) is 0 Å². The van der Waals surface area contributed by atoms with Gasteiger partial charge in [-0.25, -0.2) is 0 Å². The van der Waals surface area contributed by atoms with Crippen molar-refractivity contribution in [3.8, 4) is 5.75 Å². The monoisotopic (exact) mass is 510 g/mol. The largest absolute Gasteiger partial charge is 0.455 e. The molecule has 0 radical (unpaired) electrons. The highest BCUT2D eigenvalue weighted by Gasteiger charge is 2.21. The molecule has 1 unspecified atom stereocenters. The van der Waals surface area contributed by atoms with Gasteiger partial charge in [0.05, 0.1) is 27.1 Å². The van der Waals surface area contributed by atoms with Crippen LogP contribution in [0.4, 0.5) is 0 Å². The molecule has 0 heterocycles. The van der Waals surface area contributed by atoms with Crippen LogP contribution in [0.1, 0.15) is 102 Å². The Morgan fingerprint density at radius 3 is 2.11 bits per heavy atom. The van der Waals surface area contributed by atoms with Gasteiger partial charge in [0.1, 0.15) is 12.3 Å². The molecule has 0 spiro atoms. The first-order valence-corrected chi connectivity index (χ1v) is 14.7. The zero-order chi connectivity index (χ0) is 26.8. The Morgan fingerprint density at radius 2 is 1.43 bits per heavy atom. The molecule has 0 amide bonds. The van der Waals surface area contributed by atoms with Gasteiger partial charge in [-0.3, -0.25) is 4.79 Å². The van der Waals surface area contributed by atoms with Gasteiger partial charge < -0.3 is 14.0 Å². The average molecular weight is 511 g/mol. The Kier molecular flexibility index (Phi) is 15.0. The summed E-state index contributed by atoms with van der Waals surface area (Å²) < 4.78 is 12.6. The van der Waals surface area contributed by atoms with Crippen molar-refractivity contribution in [1.82, 2.24) is 0 Å². The Labute approximate surface area is 227 Å². The molecule has 0 aliphatic rings. The number of carbonyl (C=O) groups excluding carboxylic acids is 1. The minimum atomic E-state index is -0.537. The molecule has 2 aromatic rings. The highest BCUT2D eigenvalue weighted by atomic mass is 16.7. The normalized spacial score (nSPS) is 12.3. The predicted molar refractivity (Wildman–Crippen MR) is 155 cm³/mol. The fourth-order valence-electron chi connectivity index (χ4n) is 4.70. The van der Waals surface area contributed by atoms with Crippen LogP contribution in [0.25, 0.3) is 0 Å². The number of carbonyl (C=O) groups is 1. The van der Waals surface area contributed by atoms with Crippen molar-refractivity contribution in [3.63, 3.8) is 0 Å². The molecule has 4 nitrogen and oxygen atoms in total. The third-order valence-electron chi connectivity index (χ3n) is 6.90. The van der Waals surface area contributed by atoms with E-state index in [1.807, 2.05) is 18.2 Å². The summed E-state index contributed by atoms with van der Waals surface area (Å²) in [5, 5.41) is 0. The molecular formula is C33H52NO3+. The SMILES string of the molecule is CCCCCCCCCCCc1cccc(OC(CCC)OC(=O)CC[N+](C)(C)Cc2ccccc2)c1. The number of hydrogen-bond acceptors (Lipinski definition) is 3. The molecule has 0 aliphatic heterocycles. The van der Waals surface area contributed by atoms with Gasteiger partial charge in [-0.2, -0.15) is 0 Å². The highest BCUT2D eigenvalue weighted by molar-refractivity contribution is 5.69. The number of unbranched alkanes of at least 4 members (excludes halogenated alkanes) is 8. The van der Waals surface area contributed by atoms with Crippen molar-refractivity contribution in [2.75, 3.05) is 20.6 Å². The van der Waals surface area contributed by atoms with Crippen molar-refractivity contribution in [2.45, 2.75) is 110 Å². The average Bonchev–Trinajstić information content (AvgIpc) is 2.87. The van der Waals surface area contributed by atoms with Crippen LogP contribution in [-0.4, -0.2) is 37.4 Å². The minimum absolute atomic E-state index is 0.191. The van der Waals surface area contributed by atoms with Crippen LogP contribution >= 0.6 is 0 Å². The van der Waals surface area contributed by atoms with E-state index < -0.39 is 6.29 Å². The molecule has 0 aromatic heterocycles. The lowest BCUT2D eigenvalue weighted by Crippen LogP contribution is -2.41. The second-order valence-electron chi connectivity index (χ2n) is 11.1. The van der Waals surface area contributed by atoms with E-state index in [1.165, 1.54) is 68.9 Å². The molecule has 2 rings (SSSR count). The maximum Gasteiger partial charge on any atom is 0.314 e. The molecule has 2 aromatic carbocycles.